The highest BCUT2D eigenvalue weighted by Gasteiger charge is 2.12. The van der Waals surface area contributed by atoms with Crippen molar-refractivity contribution < 1.29 is 14.3 Å². The number of aromatic nitrogens is 2. The van der Waals surface area contributed by atoms with Gasteiger partial charge < -0.3 is 15.8 Å². The summed E-state index contributed by atoms with van der Waals surface area (Å²) in [6, 6.07) is 19.7. The second-order valence-corrected chi connectivity index (χ2v) is 8.17. The maximum Gasteiger partial charge on any atom is 0.256 e. The molecule has 2 amide bonds. The fourth-order valence-corrected chi connectivity index (χ4v) is 3.87. The van der Waals surface area contributed by atoms with Crippen molar-refractivity contribution in [1.29, 1.82) is 0 Å². The molecule has 2 aromatic carbocycles. The SMILES string of the molecule is Cc1ccc(-c2cc(NC(=O)c3cccc(COc4ccccc4C(N)=O)c3)n[nH]2)s1. The number of primary amides is 1. The van der Waals surface area contributed by atoms with Gasteiger partial charge >= 0.3 is 0 Å². The molecule has 0 fully saturated rings. The Morgan fingerprint density at radius 3 is 2.71 bits per heavy atom. The number of nitrogens with zero attached hydrogens (tertiary/aromatic N) is 1. The number of H-pyrrole nitrogens is 1. The summed E-state index contributed by atoms with van der Waals surface area (Å²) in [5.74, 6) is 0.0143. The van der Waals surface area contributed by atoms with Gasteiger partial charge in [0.05, 0.1) is 16.1 Å². The molecule has 4 N–H and O–H groups in total. The van der Waals surface area contributed by atoms with Crippen molar-refractivity contribution in [3.05, 3.63) is 88.3 Å². The molecule has 0 aliphatic rings. The van der Waals surface area contributed by atoms with Crippen molar-refractivity contribution in [3.63, 3.8) is 0 Å². The van der Waals surface area contributed by atoms with Crippen LogP contribution in [0.25, 0.3) is 10.6 Å². The number of hydrogen-bond acceptors (Lipinski definition) is 5. The predicted octanol–water partition coefficient (Wildman–Crippen LogP) is 4.38. The molecule has 0 aliphatic carbocycles. The van der Waals surface area contributed by atoms with Crippen LogP contribution in [-0.2, 0) is 6.61 Å². The number of anilines is 1. The Morgan fingerprint density at radius 1 is 1.10 bits per heavy atom. The van der Waals surface area contributed by atoms with Gasteiger partial charge in [0.15, 0.2) is 5.82 Å². The van der Waals surface area contributed by atoms with Crippen LogP contribution in [0, 0.1) is 6.92 Å². The Kier molecular flexibility index (Phi) is 5.81. The number of ether oxygens (including phenoxy) is 1. The maximum atomic E-state index is 12.7. The van der Waals surface area contributed by atoms with E-state index in [-0.39, 0.29) is 12.5 Å². The lowest BCUT2D eigenvalue weighted by molar-refractivity contribution is 0.0994. The van der Waals surface area contributed by atoms with Crippen LogP contribution in [0.2, 0.25) is 0 Å². The van der Waals surface area contributed by atoms with E-state index in [0.717, 1.165) is 16.1 Å². The number of aromatic amines is 1. The van der Waals surface area contributed by atoms with E-state index in [2.05, 4.69) is 15.5 Å². The Bertz CT molecular complexity index is 1240. The van der Waals surface area contributed by atoms with Crippen molar-refractivity contribution in [2.75, 3.05) is 5.32 Å². The second-order valence-electron chi connectivity index (χ2n) is 6.88. The summed E-state index contributed by atoms with van der Waals surface area (Å²) in [5, 5.41) is 9.92. The molecule has 8 heteroatoms. The zero-order valence-corrected chi connectivity index (χ0v) is 17.5. The molecule has 2 aromatic heterocycles. The second kappa shape index (κ2) is 8.85. The monoisotopic (exact) mass is 432 g/mol. The van der Waals surface area contributed by atoms with Gasteiger partial charge in [-0.05, 0) is 48.9 Å². The van der Waals surface area contributed by atoms with Gasteiger partial charge in [-0.2, -0.15) is 5.10 Å². The van der Waals surface area contributed by atoms with E-state index in [1.807, 2.05) is 25.1 Å². The fraction of sp³-hybridized carbons (Fsp3) is 0.0870. The smallest absolute Gasteiger partial charge is 0.256 e. The van der Waals surface area contributed by atoms with Gasteiger partial charge in [0, 0.05) is 16.5 Å². The van der Waals surface area contributed by atoms with Crippen LogP contribution in [-0.4, -0.2) is 22.0 Å². The normalized spacial score (nSPS) is 10.6. The molecule has 156 valence electrons. The van der Waals surface area contributed by atoms with E-state index in [0.29, 0.717) is 22.7 Å². The molecule has 0 spiro atoms. The molecule has 31 heavy (non-hydrogen) atoms. The first-order valence-corrected chi connectivity index (χ1v) is 10.4. The van der Waals surface area contributed by atoms with Gasteiger partial charge in [-0.3, -0.25) is 14.7 Å². The first-order chi connectivity index (χ1) is 15.0. The summed E-state index contributed by atoms with van der Waals surface area (Å²) in [5.41, 5.74) is 7.80. The lowest BCUT2D eigenvalue weighted by atomic mass is 10.1. The van der Waals surface area contributed by atoms with Crippen LogP contribution in [0.5, 0.6) is 5.75 Å². The van der Waals surface area contributed by atoms with Gasteiger partial charge in [0.2, 0.25) is 0 Å². The molecule has 0 saturated carbocycles. The zero-order chi connectivity index (χ0) is 21.8. The molecule has 7 nitrogen and oxygen atoms in total. The molecule has 0 unspecified atom stereocenters. The third kappa shape index (κ3) is 4.81. The van der Waals surface area contributed by atoms with E-state index < -0.39 is 5.91 Å². The highest BCUT2D eigenvalue weighted by Crippen LogP contribution is 2.27. The summed E-state index contributed by atoms with van der Waals surface area (Å²) < 4.78 is 5.74. The topological polar surface area (TPSA) is 110 Å². The molecular weight excluding hydrogens is 412 g/mol. The number of carbonyl (C=O) groups is 2. The number of aryl methyl sites for hydroxylation is 1. The first kappa shape index (κ1) is 20.4. The van der Waals surface area contributed by atoms with Crippen molar-refractivity contribution in [3.8, 4) is 16.3 Å². The van der Waals surface area contributed by atoms with Crippen molar-refractivity contribution >= 4 is 29.0 Å². The zero-order valence-electron chi connectivity index (χ0n) is 16.7. The van der Waals surface area contributed by atoms with Crippen LogP contribution in [0.3, 0.4) is 0 Å². The highest BCUT2D eigenvalue weighted by atomic mass is 32.1. The molecule has 0 atom stereocenters. The lowest BCUT2D eigenvalue weighted by Gasteiger charge is -2.10. The number of rotatable bonds is 7. The summed E-state index contributed by atoms with van der Waals surface area (Å²) in [6.45, 7) is 2.23. The number of benzene rings is 2. The van der Waals surface area contributed by atoms with Crippen molar-refractivity contribution in [1.82, 2.24) is 10.2 Å². The summed E-state index contributed by atoms with van der Waals surface area (Å²) >= 11 is 1.65. The van der Waals surface area contributed by atoms with E-state index in [9.17, 15) is 9.59 Å². The maximum absolute atomic E-state index is 12.7. The van der Waals surface area contributed by atoms with Crippen LogP contribution in [0.4, 0.5) is 5.82 Å². The minimum absolute atomic E-state index is 0.190. The van der Waals surface area contributed by atoms with E-state index in [4.69, 9.17) is 10.5 Å². The Hall–Kier alpha value is -3.91. The fourth-order valence-electron chi connectivity index (χ4n) is 3.04. The van der Waals surface area contributed by atoms with Gasteiger partial charge in [-0.1, -0.05) is 24.3 Å². The molecule has 4 aromatic rings. The number of nitrogens with two attached hydrogens (primary N) is 1. The van der Waals surface area contributed by atoms with Crippen LogP contribution in [0.1, 0.15) is 31.2 Å². The quantitative estimate of drug-likeness (QED) is 0.402. The van der Waals surface area contributed by atoms with Gasteiger partial charge in [-0.25, -0.2) is 0 Å². The number of para-hydroxylation sites is 1. The molecule has 0 saturated heterocycles. The Morgan fingerprint density at radius 2 is 1.94 bits per heavy atom. The largest absolute Gasteiger partial charge is 0.488 e. The van der Waals surface area contributed by atoms with Crippen LogP contribution >= 0.6 is 11.3 Å². The minimum atomic E-state index is -0.556. The Labute approximate surface area is 182 Å². The lowest BCUT2D eigenvalue weighted by Crippen LogP contribution is -2.14. The van der Waals surface area contributed by atoms with Gasteiger partial charge in [0.1, 0.15) is 12.4 Å². The summed E-state index contributed by atoms with van der Waals surface area (Å²) in [6.07, 6.45) is 0. The third-order valence-electron chi connectivity index (χ3n) is 4.56. The summed E-state index contributed by atoms with van der Waals surface area (Å²) in [4.78, 5) is 26.5. The number of carbonyl (C=O) groups excluding carboxylic acids is 2. The van der Waals surface area contributed by atoms with Crippen LogP contribution in [0.15, 0.2) is 66.7 Å². The first-order valence-electron chi connectivity index (χ1n) is 9.54. The van der Waals surface area contributed by atoms with E-state index >= 15 is 0 Å². The molecule has 0 bridgehead atoms. The molecule has 2 heterocycles. The third-order valence-corrected chi connectivity index (χ3v) is 5.60. The Balaban J connectivity index is 1.43. The standard InChI is InChI=1S/C23H20N4O3S/c1-14-9-10-20(31-14)18-12-21(27-26-18)25-23(29)16-6-4-5-15(11-16)13-30-19-8-3-2-7-17(19)22(24)28/h2-12H,13H2,1H3,(H2,24,28)(H2,25,26,27,29). The van der Waals surface area contributed by atoms with Crippen LogP contribution < -0.4 is 15.8 Å². The molecule has 0 aliphatic heterocycles. The highest BCUT2D eigenvalue weighted by molar-refractivity contribution is 7.15. The molecular formula is C23H20N4O3S. The van der Waals surface area contributed by atoms with E-state index in [1.165, 1.54) is 4.88 Å². The number of thiophene rings is 1. The van der Waals surface area contributed by atoms with E-state index in [1.54, 1.807) is 59.9 Å². The molecule has 4 rings (SSSR count). The average Bonchev–Trinajstić information content (AvgIpc) is 3.41. The predicted molar refractivity (Wildman–Crippen MR) is 120 cm³/mol. The summed E-state index contributed by atoms with van der Waals surface area (Å²) in [7, 11) is 0. The molecule has 0 radical (unpaired) electrons. The number of hydrogen-bond donors (Lipinski definition) is 3. The van der Waals surface area contributed by atoms with Gasteiger partial charge in [-0.15, -0.1) is 11.3 Å². The minimum Gasteiger partial charge on any atom is -0.488 e. The van der Waals surface area contributed by atoms with Gasteiger partial charge in [0.25, 0.3) is 11.8 Å². The van der Waals surface area contributed by atoms with Crippen molar-refractivity contribution in [2.24, 2.45) is 5.73 Å². The average molecular weight is 433 g/mol. The number of nitrogens with one attached hydrogen (secondary N) is 2. The number of amides is 2. The van der Waals surface area contributed by atoms with Crippen molar-refractivity contribution in [2.45, 2.75) is 13.5 Å².